The summed E-state index contributed by atoms with van der Waals surface area (Å²) in [6.45, 7) is 26.5. The Morgan fingerprint density at radius 1 is 0.375 bits per heavy atom. The number of aliphatic carboxylic acids is 1. The zero-order valence-electron chi connectivity index (χ0n) is 76.3. The standard InChI is InChI=1S/C34H39NO7S.C32H35NO7S.C27H34O4S.C8H7ClO3/c1-8-40-32(37)34(4,5)42-31-21(2)17-24(18-22(31)3)28-19-35(33(38)41-26-13-11-25(39-6)12-14-26)20-29(28)30(36)23-9-15-27(43-7)16-10-23;1-19-15-22(16-20(2)29(19)40-32(3,4)30(35)36)26-17-33(31(37)39-24-11-9-23(38-5)10-12-24)18-27(26)28(34)21-7-13-25(41-6)14-8-21;1-7-30-26(29)27(4,5)31-25-17(2)15-20(16-18(25)3)22-9-8-10-23(22)24(28)19-11-13-21(32-6)14-12-19;1-11-6-2-4-7(5-3-6)12-8(9)10/h9-18,28-29H,8,19-20H2,1-7H3;7-16,26-27H,17-18H2,1-6H3,(H,35,36);11-16,22-23H,7-10H2,1-6H3;2-5H,1H3/t28-,29?;26-,27?;22-,23?;/m111./s1. The molecular formula is C101H115ClN2O21S3. The SMILES string of the molecule is CCOC(=O)C(C)(C)Oc1c(C)cc([C@H]2CCCC2C(=O)c2ccc(SC)cc2)cc1C.CCOC(=O)C(C)(C)Oc1c(C)cc([C@H]2CN(C(=O)Oc3ccc(OC)cc3)CC2C(=O)c2ccc(SC)cc2)cc1C.COc1ccc(OC(=O)Cl)cc1.COc1ccc(OC(=O)N2CC(C(=O)c3ccc(SC)cc3)[C@@H](c3cc(C)c(OC(C)(C)C(=O)O)c(C)c3)C2)cc1. The maximum Gasteiger partial charge on any atom is 0.415 e. The Morgan fingerprint density at radius 3 is 0.922 bits per heavy atom. The number of ketones is 3. The molecule has 12 rings (SSSR count). The summed E-state index contributed by atoms with van der Waals surface area (Å²) in [6, 6.07) is 55.1. The molecule has 2 heterocycles. The van der Waals surface area contributed by atoms with Crippen molar-refractivity contribution in [2.75, 3.05) is 79.5 Å². The van der Waals surface area contributed by atoms with E-state index in [2.05, 4.69) is 16.9 Å². The number of nitrogens with zero attached hydrogens (tertiary/aromatic N) is 2. The normalized spacial score (nSPS) is 16.4. The van der Waals surface area contributed by atoms with Crippen LogP contribution < -0.4 is 42.6 Å². The number of thioether (sulfide) groups is 3. The van der Waals surface area contributed by atoms with Crippen molar-refractivity contribution in [2.24, 2.45) is 17.8 Å². The second-order valence-electron chi connectivity index (χ2n) is 32.8. The first-order chi connectivity index (χ1) is 60.8. The number of esters is 2. The molecule has 23 nitrogen and oxygen atoms in total. The molecule has 2 amide bonds. The second kappa shape index (κ2) is 45.5. The molecule has 9 aromatic rings. The first-order valence-electron chi connectivity index (χ1n) is 42.1. The molecule has 2 aliphatic heterocycles. The molecule has 1 saturated carbocycles. The molecule has 0 spiro atoms. The van der Waals surface area contributed by atoms with Crippen LogP contribution in [0.2, 0.25) is 0 Å². The number of hydrogen-bond acceptors (Lipinski definition) is 23. The van der Waals surface area contributed by atoms with Crippen molar-refractivity contribution >= 4 is 99.8 Å². The largest absolute Gasteiger partial charge is 0.497 e. The third-order valence-corrected chi connectivity index (χ3v) is 24.8. The van der Waals surface area contributed by atoms with Gasteiger partial charge in [0.05, 0.1) is 34.5 Å². The van der Waals surface area contributed by atoms with Gasteiger partial charge in [-0.05, 0) is 294 Å². The highest BCUT2D eigenvalue weighted by Crippen LogP contribution is 2.46. The fourth-order valence-electron chi connectivity index (χ4n) is 15.6. The monoisotopic (exact) mass is 1820 g/mol. The van der Waals surface area contributed by atoms with Crippen LogP contribution in [-0.2, 0) is 23.9 Å². The van der Waals surface area contributed by atoms with E-state index in [1.54, 1.807) is 181 Å². The van der Waals surface area contributed by atoms with Crippen LogP contribution in [0.4, 0.5) is 14.4 Å². The zero-order valence-corrected chi connectivity index (χ0v) is 79.5. The van der Waals surface area contributed by atoms with Crippen molar-refractivity contribution in [3.8, 4) is 51.7 Å². The van der Waals surface area contributed by atoms with E-state index in [1.807, 2.05) is 157 Å². The lowest BCUT2D eigenvalue weighted by Gasteiger charge is -2.27. The molecule has 0 bridgehead atoms. The van der Waals surface area contributed by atoms with Crippen LogP contribution in [0.5, 0.6) is 51.7 Å². The minimum atomic E-state index is -1.41. The van der Waals surface area contributed by atoms with Gasteiger partial charge < -0.3 is 67.0 Å². The number of amides is 2. The van der Waals surface area contributed by atoms with Crippen LogP contribution in [0.25, 0.3) is 0 Å². The van der Waals surface area contributed by atoms with E-state index in [1.165, 1.54) is 19.4 Å². The minimum absolute atomic E-state index is 0.00308. The quantitative estimate of drug-likeness (QED) is 0.0197. The van der Waals surface area contributed by atoms with Gasteiger partial charge in [0.25, 0.3) is 0 Å². The Hall–Kier alpha value is -11.5. The van der Waals surface area contributed by atoms with Crippen molar-refractivity contribution in [2.45, 2.75) is 165 Å². The molecule has 2 saturated heterocycles. The molecule has 1 N–H and O–H groups in total. The fourth-order valence-corrected chi connectivity index (χ4v) is 16.9. The zero-order chi connectivity index (χ0) is 93.6. The summed E-state index contributed by atoms with van der Waals surface area (Å²) in [7, 11) is 4.69. The number of carbonyl (C=O) groups is 9. The van der Waals surface area contributed by atoms with Crippen molar-refractivity contribution in [1.82, 2.24) is 9.80 Å². The third-order valence-electron chi connectivity index (χ3n) is 22.4. The highest BCUT2D eigenvalue weighted by atomic mass is 35.5. The average molecular weight is 1820 g/mol. The van der Waals surface area contributed by atoms with E-state index in [0.29, 0.717) is 76.0 Å². The molecule has 1 aliphatic carbocycles. The number of carboxylic acids is 1. The maximum atomic E-state index is 13.9. The number of carboxylic acid groups (broad SMARTS) is 1. The summed E-state index contributed by atoms with van der Waals surface area (Å²) in [5.74, 6) is 1.86. The molecule has 9 aromatic carbocycles. The van der Waals surface area contributed by atoms with Crippen LogP contribution in [0, 0.1) is 59.3 Å². The van der Waals surface area contributed by atoms with Gasteiger partial charge in [0.15, 0.2) is 34.2 Å². The van der Waals surface area contributed by atoms with Crippen LogP contribution in [0.3, 0.4) is 0 Å². The van der Waals surface area contributed by atoms with Gasteiger partial charge in [0.1, 0.15) is 51.7 Å². The number of benzene rings is 9. The number of carbonyl (C=O) groups excluding carboxylic acids is 8. The Bertz CT molecular complexity index is 5320. The maximum absolute atomic E-state index is 13.9. The Labute approximate surface area is 768 Å². The number of rotatable bonds is 29. The Morgan fingerprint density at radius 2 is 0.648 bits per heavy atom. The number of methoxy groups -OCH3 is 3. The summed E-state index contributed by atoms with van der Waals surface area (Å²) in [5.41, 5.74) is 5.54. The average Bonchev–Trinajstić information content (AvgIpc) is 1.60. The van der Waals surface area contributed by atoms with Crippen molar-refractivity contribution in [3.63, 3.8) is 0 Å². The number of ether oxygens (including phenoxy) is 11. The lowest BCUT2D eigenvalue weighted by molar-refractivity contribution is -0.159. The number of likely N-dealkylation sites (tertiary alicyclic amines) is 2. The molecule has 3 fully saturated rings. The van der Waals surface area contributed by atoms with E-state index in [9.17, 15) is 48.3 Å². The van der Waals surface area contributed by atoms with Crippen molar-refractivity contribution in [1.29, 1.82) is 0 Å². The molecule has 3 aliphatic rings. The molecular weight excluding hydrogens is 1710 g/mol. The molecule has 0 aromatic heterocycles. The summed E-state index contributed by atoms with van der Waals surface area (Å²) < 4.78 is 59.7. The molecule has 680 valence electrons. The summed E-state index contributed by atoms with van der Waals surface area (Å²) in [6.07, 6.45) is 7.92. The lowest BCUT2D eigenvalue weighted by Crippen LogP contribution is -2.40. The van der Waals surface area contributed by atoms with Gasteiger partial charge in [-0.15, -0.1) is 35.3 Å². The molecule has 27 heteroatoms. The Kier molecular flexibility index (Phi) is 35.7. The van der Waals surface area contributed by atoms with Crippen LogP contribution in [0.15, 0.2) is 197 Å². The van der Waals surface area contributed by atoms with E-state index < -0.39 is 58.2 Å². The van der Waals surface area contributed by atoms with E-state index in [-0.39, 0.29) is 73.2 Å². The van der Waals surface area contributed by atoms with Gasteiger partial charge in [-0.3, -0.25) is 14.4 Å². The van der Waals surface area contributed by atoms with Gasteiger partial charge in [-0.1, -0.05) is 79.2 Å². The van der Waals surface area contributed by atoms with Gasteiger partial charge in [-0.2, -0.15) is 0 Å². The van der Waals surface area contributed by atoms with E-state index in [0.717, 1.165) is 84.0 Å². The van der Waals surface area contributed by atoms with Crippen LogP contribution in [-0.4, -0.2) is 164 Å². The lowest BCUT2D eigenvalue weighted by atomic mass is 9.82. The Balaban J connectivity index is 0.000000205. The van der Waals surface area contributed by atoms with Crippen molar-refractivity contribution in [3.05, 3.63) is 249 Å². The topological polar surface area (TPSA) is 282 Å². The number of Topliss-reactive ketones (excluding diaryl/α,β-unsaturated/α-hetero) is 3. The molecule has 128 heavy (non-hydrogen) atoms. The number of aryl methyl sites for hydroxylation is 6. The molecule has 6 atom stereocenters. The van der Waals surface area contributed by atoms with Crippen molar-refractivity contribution < 1.29 is 100 Å². The number of halogens is 1. The predicted molar refractivity (Wildman–Crippen MR) is 499 cm³/mol. The molecule has 0 radical (unpaired) electrons. The smallest absolute Gasteiger partial charge is 0.415 e. The van der Waals surface area contributed by atoms with Crippen LogP contribution >= 0.6 is 46.9 Å². The summed E-state index contributed by atoms with van der Waals surface area (Å²) in [5, 5.41) is 9.54. The van der Waals surface area contributed by atoms with E-state index >= 15 is 0 Å². The first-order valence-corrected chi connectivity index (χ1v) is 46.1. The second-order valence-corrected chi connectivity index (χ2v) is 35.7. The van der Waals surface area contributed by atoms with Gasteiger partial charge in [-0.25, -0.2) is 28.8 Å². The van der Waals surface area contributed by atoms with Gasteiger partial charge in [0.2, 0.25) is 0 Å². The van der Waals surface area contributed by atoms with Gasteiger partial charge in [0, 0.05) is 98.7 Å². The fraction of sp³-hybridized carbons (Fsp3) is 0.376. The predicted octanol–water partition coefficient (Wildman–Crippen LogP) is 22.2. The first kappa shape index (κ1) is 100. The van der Waals surface area contributed by atoms with E-state index in [4.69, 9.17) is 59.0 Å². The summed E-state index contributed by atoms with van der Waals surface area (Å²) in [4.78, 5) is 121. The molecule has 3 unspecified atom stereocenters. The highest BCUT2D eigenvalue weighted by molar-refractivity contribution is 7.99. The summed E-state index contributed by atoms with van der Waals surface area (Å²) >= 11 is 9.88. The number of hydrogen-bond donors (Lipinski definition) is 1. The van der Waals surface area contributed by atoms with Gasteiger partial charge >= 0.3 is 35.5 Å². The minimum Gasteiger partial charge on any atom is -0.497 e. The third kappa shape index (κ3) is 26.2. The highest BCUT2D eigenvalue weighted by Gasteiger charge is 2.45. The van der Waals surface area contributed by atoms with Crippen LogP contribution in [0.1, 0.15) is 174 Å².